The highest BCUT2D eigenvalue weighted by Gasteiger charge is 2.11. The van der Waals surface area contributed by atoms with Crippen LogP contribution in [0.2, 0.25) is 0 Å². The van der Waals surface area contributed by atoms with E-state index in [2.05, 4.69) is 32.5 Å². The molecule has 3 rings (SSSR count). The minimum Gasteiger partial charge on any atom is -0.493 e. The van der Waals surface area contributed by atoms with Crippen LogP contribution in [0.5, 0.6) is 11.5 Å². The number of aliphatic imine (C=N–C) groups is 1. The van der Waals surface area contributed by atoms with Crippen LogP contribution in [-0.2, 0) is 19.4 Å². The number of fused-ring (bicyclic) bond motifs is 1. The number of ether oxygens (including phenoxy) is 2. The minimum absolute atomic E-state index is 0. The molecular weight excluding hydrogens is 491 g/mol. The molecule has 2 N–H and O–H groups in total. The van der Waals surface area contributed by atoms with Gasteiger partial charge in [-0.2, -0.15) is 8.78 Å². The molecule has 0 atom stereocenters. The van der Waals surface area contributed by atoms with Crippen LogP contribution in [0, 0.1) is 0 Å². The number of nitrogens with one attached hydrogen (secondary N) is 2. The predicted octanol–water partition coefficient (Wildman–Crippen LogP) is 4.14. The lowest BCUT2D eigenvalue weighted by atomic mass is 10.1. The van der Waals surface area contributed by atoms with E-state index in [0.29, 0.717) is 12.5 Å². The average molecular weight is 517 g/mol. The highest BCUT2D eigenvalue weighted by molar-refractivity contribution is 14.0. The highest BCUT2D eigenvalue weighted by Crippen LogP contribution is 2.25. The smallest absolute Gasteiger partial charge is 0.387 e. The fourth-order valence-electron chi connectivity index (χ4n) is 3.05. The predicted molar refractivity (Wildman–Crippen MR) is 121 cm³/mol. The summed E-state index contributed by atoms with van der Waals surface area (Å²) in [6.45, 7) is 1.76. The van der Waals surface area contributed by atoms with Crippen LogP contribution in [0.3, 0.4) is 0 Å². The van der Waals surface area contributed by atoms with E-state index in [9.17, 15) is 8.78 Å². The molecule has 0 radical (unpaired) electrons. The highest BCUT2D eigenvalue weighted by atomic mass is 127. The molecule has 1 aliphatic heterocycles. The number of rotatable bonds is 8. The molecule has 5 nitrogen and oxygen atoms in total. The largest absolute Gasteiger partial charge is 0.493 e. The maximum absolute atomic E-state index is 12.3. The summed E-state index contributed by atoms with van der Waals surface area (Å²) >= 11 is 0. The lowest BCUT2D eigenvalue weighted by Crippen LogP contribution is -2.38. The molecule has 8 heteroatoms. The normalized spacial score (nSPS) is 12.8. The van der Waals surface area contributed by atoms with Gasteiger partial charge >= 0.3 is 6.61 Å². The number of nitrogens with zero attached hydrogens (tertiary/aromatic N) is 1. The number of hydrogen-bond donors (Lipinski definition) is 2. The second kappa shape index (κ2) is 11.8. The Bertz CT molecular complexity index is 818. The lowest BCUT2D eigenvalue weighted by Gasteiger charge is -2.12. The first-order valence-corrected chi connectivity index (χ1v) is 9.44. The Morgan fingerprint density at radius 1 is 1.17 bits per heavy atom. The Morgan fingerprint density at radius 2 is 2.03 bits per heavy atom. The van der Waals surface area contributed by atoms with E-state index >= 15 is 0 Å². The number of alkyl halides is 2. The van der Waals surface area contributed by atoms with Gasteiger partial charge in [0.1, 0.15) is 11.5 Å². The first-order chi connectivity index (χ1) is 13.6. The third kappa shape index (κ3) is 7.34. The average Bonchev–Trinajstić information content (AvgIpc) is 3.14. The third-order valence-corrected chi connectivity index (χ3v) is 4.35. The zero-order valence-corrected chi connectivity index (χ0v) is 18.6. The van der Waals surface area contributed by atoms with Gasteiger partial charge < -0.3 is 20.1 Å². The molecule has 158 valence electrons. The number of hydrogen-bond acceptors (Lipinski definition) is 3. The number of halogens is 3. The molecule has 0 aliphatic carbocycles. The molecular formula is C21H26F2IN3O2. The van der Waals surface area contributed by atoms with Gasteiger partial charge in [-0.1, -0.05) is 24.3 Å². The number of guanidine groups is 1. The SMILES string of the molecule is CCNC(=NCc1cccc(OC(F)F)c1)NCCc1ccc2c(c1)CCO2.I. The van der Waals surface area contributed by atoms with Crippen LogP contribution in [0.4, 0.5) is 8.78 Å². The lowest BCUT2D eigenvalue weighted by molar-refractivity contribution is -0.0498. The van der Waals surface area contributed by atoms with E-state index < -0.39 is 6.61 Å². The van der Waals surface area contributed by atoms with Crippen LogP contribution in [0.15, 0.2) is 47.5 Å². The summed E-state index contributed by atoms with van der Waals surface area (Å²) in [4.78, 5) is 4.52. The summed E-state index contributed by atoms with van der Waals surface area (Å²) in [5.41, 5.74) is 3.32. The Labute approximate surface area is 186 Å². The van der Waals surface area contributed by atoms with Crippen molar-refractivity contribution in [3.8, 4) is 11.5 Å². The van der Waals surface area contributed by atoms with E-state index in [0.717, 1.165) is 43.9 Å². The second-order valence-electron chi connectivity index (χ2n) is 6.44. The van der Waals surface area contributed by atoms with Crippen molar-refractivity contribution < 1.29 is 18.3 Å². The molecule has 1 aliphatic rings. The van der Waals surface area contributed by atoms with Crippen molar-refractivity contribution in [1.29, 1.82) is 0 Å². The quantitative estimate of drug-likeness (QED) is 0.314. The van der Waals surface area contributed by atoms with Crippen molar-refractivity contribution in [2.24, 2.45) is 4.99 Å². The monoisotopic (exact) mass is 517 g/mol. The van der Waals surface area contributed by atoms with Crippen LogP contribution < -0.4 is 20.1 Å². The van der Waals surface area contributed by atoms with Gasteiger partial charge in [-0.3, -0.25) is 0 Å². The molecule has 29 heavy (non-hydrogen) atoms. The fourth-order valence-corrected chi connectivity index (χ4v) is 3.05. The Hall–Kier alpha value is -2.10. The van der Waals surface area contributed by atoms with Crippen molar-refractivity contribution in [2.75, 3.05) is 19.7 Å². The van der Waals surface area contributed by atoms with Gasteiger partial charge in [-0.15, -0.1) is 24.0 Å². The standard InChI is InChI=1S/C21H25F2N3O2.HI/c1-2-24-21(26-14-16-4-3-5-18(13-16)28-20(22)23)25-10-8-15-6-7-19-17(12-15)9-11-27-19;/h3-7,12-13,20H,2,8-11,14H2,1H3,(H2,24,25,26);1H. The summed E-state index contributed by atoms with van der Waals surface area (Å²) in [5.74, 6) is 1.82. The van der Waals surface area contributed by atoms with E-state index in [-0.39, 0.29) is 29.7 Å². The number of benzene rings is 2. The molecule has 0 amide bonds. The van der Waals surface area contributed by atoms with Gasteiger partial charge in [0.2, 0.25) is 0 Å². The van der Waals surface area contributed by atoms with Gasteiger partial charge in [-0.05, 0) is 48.2 Å². The summed E-state index contributed by atoms with van der Waals surface area (Å²) in [6.07, 6.45) is 1.84. The first-order valence-electron chi connectivity index (χ1n) is 9.44. The van der Waals surface area contributed by atoms with Gasteiger partial charge in [0.15, 0.2) is 5.96 Å². The second-order valence-corrected chi connectivity index (χ2v) is 6.44. The van der Waals surface area contributed by atoms with Crippen molar-refractivity contribution in [2.45, 2.75) is 32.9 Å². The van der Waals surface area contributed by atoms with Gasteiger partial charge in [-0.25, -0.2) is 4.99 Å². The molecule has 0 fully saturated rings. The van der Waals surface area contributed by atoms with E-state index in [1.54, 1.807) is 12.1 Å². The van der Waals surface area contributed by atoms with Crippen LogP contribution in [0.1, 0.15) is 23.6 Å². The molecule has 0 spiro atoms. The molecule has 1 heterocycles. The first kappa shape index (κ1) is 23.2. The third-order valence-electron chi connectivity index (χ3n) is 4.35. The van der Waals surface area contributed by atoms with Crippen LogP contribution in [-0.4, -0.2) is 32.3 Å². The molecule has 2 aromatic rings. The van der Waals surface area contributed by atoms with Gasteiger partial charge in [0.25, 0.3) is 0 Å². The topological polar surface area (TPSA) is 54.9 Å². The van der Waals surface area contributed by atoms with E-state index in [4.69, 9.17) is 4.74 Å². The Morgan fingerprint density at radius 3 is 2.83 bits per heavy atom. The van der Waals surface area contributed by atoms with Crippen molar-refractivity contribution in [3.05, 3.63) is 59.2 Å². The molecule has 0 unspecified atom stereocenters. The summed E-state index contributed by atoms with van der Waals surface area (Å²) in [7, 11) is 0. The summed E-state index contributed by atoms with van der Waals surface area (Å²) in [5, 5.41) is 6.51. The van der Waals surface area contributed by atoms with Crippen molar-refractivity contribution >= 4 is 29.9 Å². The van der Waals surface area contributed by atoms with Crippen molar-refractivity contribution in [3.63, 3.8) is 0 Å². The van der Waals surface area contributed by atoms with E-state index in [1.807, 2.05) is 19.1 Å². The van der Waals surface area contributed by atoms with Crippen molar-refractivity contribution in [1.82, 2.24) is 10.6 Å². The Kier molecular flexibility index (Phi) is 9.43. The van der Waals surface area contributed by atoms with E-state index in [1.165, 1.54) is 17.2 Å². The Balaban J connectivity index is 0.00000300. The molecule has 0 saturated carbocycles. The fraction of sp³-hybridized carbons (Fsp3) is 0.381. The zero-order valence-electron chi connectivity index (χ0n) is 16.3. The van der Waals surface area contributed by atoms with Gasteiger partial charge in [0, 0.05) is 19.5 Å². The molecule has 0 aromatic heterocycles. The summed E-state index contributed by atoms with van der Waals surface area (Å²) < 4.78 is 34.7. The maximum Gasteiger partial charge on any atom is 0.387 e. The van der Waals surface area contributed by atoms with Crippen LogP contribution in [0.25, 0.3) is 0 Å². The van der Waals surface area contributed by atoms with Gasteiger partial charge in [0.05, 0.1) is 13.2 Å². The zero-order chi connectivity index (χ0) is 19.8. The maximum atomic E-state index is 12.3. The summed E-state index contributed by atoms with van der Waals surface area (Å²) in [6, 6.07) is 12.9. The molecule has 0 bridgehead atoms. The molecule has 2 aromatic carbocycles. The van der Waals surface area contributed by atoms with Crippen LogP contribution >= 0.6 is 24.0 Å². The minimum atomic E-state index is -2.83. The molecule has 0 saturated heterocycles.